The second kappa shape index (κ2) is 5.91. The lowest BCUT2D eigenvalue weighted by atomic mass is 9.90. The summed E-state index contributed by atoms with van der Waals surface area (Å²) in [7, 11) is 0. The number of esters is 1. The van der Waals surface area contributed by atoms with Gasteiger partial charge in [0.05, 0.1) is 5.92 Å². The van der Waals surface area contributed by atoms with E-state index in [9.17, 15) is 9.18 Å². The van der Waals surface area contributed by atoms with Crippen LogP contribution in [-0.2, 0) is 17.6 Å². The third-order valence-corrected chi connectivity index (χ3v) is 4.28. The topological polar surface area (TPSA) is 26.3 Å². The van der Waals surface area contributed by atoms with Crippen molar-refractivity contribution in [2.75, 3.05) is 0 Å². The maximum absolute atomic E-state index is 14.0. The summed E-state index contributed by atoms with van der Waals surface area (Å²) >= 11 is 0. The first kappa shape index (κ1) is 14.8. The van der Waals surface area contributed by atoms with Gasteiger partial charge in [0.2, 0.25) is 0 Å². The number of hydrogen-bond acceptors (Lipinski definition) is 2. The zero-order chi connectivity index (χ0) is 15.7. The van der Waals surface area contributed by atoms with Crippen molar-refractivity contribution in [1.29, 1.82) is 0 Å². The van der Waals surface area contributed by atoms with Crippen molar-refractivity contribution in [1.82, 2.24) is 0 Å². The van der Waals surface area contributed by atoms with Crippen molar-refractivity contribution < 1.29 is 13.9 Å². The molecule has 1 aliphatic heterocycles. The minimum Gasteiger partial charge on any atom is -0.423 e. The Morgan fingerprint density at radius 3 is 2.59 bits per heavy atom. The summed E-state index contributed by atoms with van der Waals surface area (Å²) in [4.78, 5) is 12.1. The van der Waals surface area contributed by atoms with Gasteiger partial charge in [-0.3, -0.25) is 4.79 Å². The largest absolute Gasteiger partial charge is 0.423 e. The molecule has 0 bridgehead atoms. The number of halogens is 1. The van der Waals surface area contributed by atoms with Crippen LogP contribution >= 0.6 is 0 Å². The monoisotopic (exact) mass is 298 g/mol. The highest BCUT2D eigenvalue weighted by Crippen LogP contribution is 2.33. The molecular formula is C19H19FO2. The zero-order valence-corrected chi connectivity index (χ0v) is 12.9. The van der Waals surface area contributed by atoms with E-state index in [4.69, 9.17) is 4.74 Å². The van der Waals surface area contributed by atoms with Crippen LogP contribution in [0.25, 0.3) is 0 Å². The molecule has 0 aliphatic carbocycles. The van der Waals surface area contributed by atoms with Gasteiger partial charge in [-0.1, -0.05) is 42.0 Å². The van der Waals surface area contributed by atoms with Crippen molar-refractivity contribution >= 4 is 5.97 Å². The van der Waals surface area contributed by atoms with E-state index in [0.717, 1.165) is 18.4 Å². The van der Waals surface area contributed by atoms with Crippen molar-refractivity contribution in [3.05, 3.63) is 64.5 Å². The van der Waals surface area contributed by atoms with E-state index in [2.05, 4.69) is 31.2 Å². The second-order valence-electron chi connectivity index (χ2n) is 6.03. The molecule has 0 saturated carbocycles. The first-order chi connectivity index (χ1) is 10.5. The quantitative estimate of drug-likeness (QED) is 0.628. The average Bonchev–Trinajstić information content (AvgIpc) is 2.51. The Kier molecular flexibility index (Phi) is 3.97. The molecule has 0 fully saturated rings. The molecule has 0 radical (unpaired) electrons. The van der Waals surface area contributed by atoms with E-state index >= 15 is 0 Å². The van der Waals surface area contributed by atoms with Crippen LogP contribution in [0, 0.1) is 25.6 Å². The normalized spacial score (nSPS) is 17.0. The highest BCUT2D eigenvalue weighted by Gasteiger charge is 2.30. The van der Waals surface area contributed by atoms with E-state index in [1.165, 1.54) is 11.1 Å². The van der Waals surface area contributed by atoms with Crippen molar-refractivity contribution in [3.63, 3.8) is 0 Å². The summed E-state index contributed by atoms with van der Waals surface area (Å²) in [6.07, 6.45) is 2.10. The molecule has 3 rings (SSSR count). The SMILES string of the molecule is Cc1ccc(CCC2Cc3ccc(C)c(F)c3OC2=O)cc1. The number of carbonyl (C=O) groups excluding carboxylic acids is 1. The van der Waals surface area contributed by atoms with Gasteiger partial charge in [-0.25, -0.2) is 4.39 Å². The summed E-state index contributed by atoms with van der Waals surface area (Å²) in [5, 5.41) is 0. The molecular weight excluding hydrogens is 279 g/mol. The van der Waals surface area contributed by atoms with Crippen LogP contribution in [0.4, 0.5) is 4.39 Å². The molecule has 1 atom stereocenters. The van der Waals surface area contributed by atoms with Gasteiger partial charge in [-0.15, -0.1) is 0 Å². The molecule has 0 aromatic heterocycles. The third-order valence-electron chi connectivity index (χ3n) is 4.28. The number of carbonyl (C=O) groups is 1. The van der Waals surface area contributed by atoms with Gasteiger partial charge < -0.3 is 4.74 Å². The summed E-state index contributed by atoms with van der Waals surface area (Å²) in [6.45, 7) is 3.72. The highest BCUT2D eigenvalue weighted by atomic mass is 19.1. The van der Waals surface area contributed by atoms with Gasteiger partial charge >= 0.3 is 5.97 Å². The number of aryl methyl sites for hydroxylation is 3. The fraction of sp³-hybridized carbons (Fsp3) is 0.316. The number of hydrogen-bond donors (Lipinski definition) is 0. The third kappa shape index (κ3) is 2.89. The second-order valence-corrected chi connectivity index (χ2v) is 6.03. The van der Waals surface area contributed by atoms with Crippen LogP contribution in [0.3, 0.4) is 0 Å². The van der Waals surface area contributed by atoms with Gasteiger partial charge in [-0.2, -0.15) is 0 Å². The lowest BCUT2D eigenvalue weighted by Gasteiger charge is -2.24. The maximum Gasteiger partial charge on any atom is 0.314 e. The lowest BCUT2D eigenvalue weighted by Crippen LogP contribution is -2.28. The van der Waals surface area contributed by atoms with E-state index in [0.29, 0.717) is 12.0 Å². The van der Waals surface area contributed by atoms with Gasteiger partial charge in [0.1, 0.15) is 0 Å². The fourth-order valence-corrected chi connectivity index (χ4v) is 2.81. The van der Waals surface area contributed by atoms with E-state index in [1.807, 2.05) is 6.07 Å². The Labute approximate surface area is 129 Å². The molecule has 0 amide bonds. The molecule has 1 unspecified atom stereocenters. The van der Waals surface area contributed by atoms with Crippen LogP contribution in [0.2, 0.25) is 0 Å². The summed E-state index contributed by atoms with van der Waals surface area (Å²) in [6, 6.07) is 11.9. The first-order valence-electron chi connectivity index (χ1n) is 7.60. The molecule has 1 aliphatic rings. The minimum atomic E-state index is -0.414. The van der Waals surface area contributed by atoms with Gasteiger partial charge in [-0.05, 0) is 49.8 Å². The van der Waals surface area contributed by atoms with Crippen LogP contribution in [-0.4, -0.2) is 5.97 Å². The molecule has 22 heavy (non-hydrogen) atoms. The van der Waals surface area contributed by atoms with Crippen molar-refractivity contribution in [3.8, 4) is 5.75 Å². The molecule has 114 valence electrons. The van der Waals surface area contributed by atoms with Crippen LogP contribution in [0.5, 0.6) is 5.75 Å². The predicted molar refractivity (Wildman–Crippen MR) is 83.5 cm³/mol. The Bertz CT molecular complexity index is 704. The molecule has 0 N–H and O–H groups in total. The van der Waals surface area contributed by atoms with E-state index < -0.39 is 5.82 Å². The minimum absolute atomic E-state index is 0.122. The molecule has 2 aromatic carbocycles. The van der Waals surface area contributed by atoms with Gasteiger partial charge in [0, 0.05) is 0 Å². The molecule has 0 spiro atoms. The summed E-state index contributed by atoms with van der Waals surface area (Å²) in [5.74, 6) is -0.806. The van der Waals surface area contributed by atoms with Crippen LogP contribution in [0.15, 0.2) is 36.4 Å². The van der Waals surface area contributed by atoms with Gasteiger partial charge in [0.25, 0.3) is 0 Å². The number of rotatable bonds is 3. The number of ether oxygens (including phenoxy) is 1. The number of benzene rings is 2. The summed E-state index contributed by atoms with van der Waals surface area (Å²) in [5.41, 5.74) is 3.72. The maximum atomic E-state index is 14.0. The molecule has 2 nitrogen and oxygen atoms in total. The molecule has 1 heterocycles. The lowest BCUT2D eigenvalue weighted by molar-refractivity contribution is -0.140. The molecule has 2 aromatic rings. The molecule has 0 saturated heterocycles. The van der Waals surface area contributed by atoms with Crippen molar-refractivity contribution in [2.24, 2.45) is 5.92 Å². The Hall–Kier alpha value is -2.16. The number of fused-ring (bicyclic) bond motifs is 1. The van der Waals surface area contributed by atoms with Crippen LogP contribution < -0.4 is 4.74 Å². The zero-order valence-electron chi connectivity index (χ0n) is 12.9. The fourth-order valence-electron chi connectivity index (χ4n) is 2.81. The van der Waals surface area contributed by atoms with Gasteiger partial charge in [0.15, 0.2) is 11.6 Å². The summed E-state index contributed by atoms with van der Waals surface area (Å²) < 4.78 is 19.2. The standard InChI is InChI=1S/C19H19FO2/c1-12-3-6-14(7-4-12)8-10-16-11-15-9-5-13(2)17(20)18(15)22-19(16)21/h3-7,9,16H,8,10-11H2,1-2H3. The van der Waals surface area contributed by atoms with Crippen LogP contribution in [0.1, 0.15) is 28.7 Å². The van der Waals surface area contributed by atoms with E-state index in [1.54, 1.807) is 13.0 Å². The smallest absolute Gasteiger partial charge is 0.314 e. The Balaban J connectivity index is 1.72. The average molecular weight is 298 g/mol. The highest BCUT2D eigenvalue weighted by molar-refractivity contribution is 5.78. The predicted octanol–water partition coefficient (Wildman–Crippen LogP) is 4.15. The van der Waals surface area contributed by atoms with E-state index in [-0.39, 0.29) is 17.6 Å². The first-order valence-corrected chi connectivity index (χ1v) is 7.60. The molecule has 3 heteroatoms. The van der Waals surface area contributed by atoms with Crippen molar-refractivity contribution in [2.45, 2.75) is 33.1 Å². The Morgan fingerprint density at radius 1 is 1.14 bits per heavy atom. The Morgan fingerprint density at radius 2 is 1.86 bits per heavy atom.